The van der Waals surface area contributed by atoms with E-state index in [1.165, 1.54) is 19.2 Å². The number of nitro groups is 1. The lowest BCUT2D eigenvalue weighted by Crippen LogP contribution is -2.06. The Morgan fingerprint density at radius 1 is 1.14 bits per heavy atom. The van der Waals surface area contributed by atoms with Gasteiger partial charge in [0.1, 0.15) is 6.61 Å². The first-order valence-electron chi connectivity index (χ1n) is 9.97. The molecular weight excluding hydrogens is 702 g/mol. The molecule has 3 aromatic rings. The number of nitro benzene ring substituents is 1. The molecule has 0 N–H and O–H groups in total. The van der Waals surface area contributed by atoms with E-state index < -0.39 is 10.9 Å². The van der Waals surface area contributed by atoms with E-state index in [-0.39, 0.29) is 23.9 Å². The van der Waals surface area contributed by atoms with Crippen LogP contribution in [0.4, 0.5) is 5.69 Å². The van der Waals surface area contributed by atoms with Crippen molar-refractivity contribution in [3.63, 3.8) is 0 Å². The number of cyclic esters (lactones) is 1. The third-order valence-corrected chi connectivity index (χ3v) is 6.67. The smallest absolute Gasteiger partial charge is 0.363 e. The molecule has 0 saturated carbocycles. The van der Waals surface area contributed by atoms with E-state index in [1.54, 1.807) is 36.4 Å². The maximum atomic E-state index is 12.4. The molecule has 1 heterocycles. The molecule has 0 amide bonds. The van der Waals surface area contributed by atoms with Crippen LogP contribution in [0.3, 0.4) is 0 Å². The van der Waals surface area contributed by atoms with Crippen molar-refractivity contribution in [2.24, 2.45) is 4.99 Å². The van der Waals surface area contributed by atoms with Gasteiger partial charge in [0, 0.05) is 15.7 Å². The van der Waals surface area contributed by atoms with Crippen molar-refractivity contribution in [3.05, 3.63) is 99.3 Å². The van der Waals surface area contributed by atoms with Gasteiger partial charge in [-0.2, -0.15) is 0 Å². The molecule has 35 heavy (non-hydrogen) atoms. The Balaban J connectivity index is 1.57. The Morgan fingerprint density at radius 3 is 2.57 bits per heavy atom. The summed E-state index contributed by atoms with van der Waals surface area (Å²) in [5.41, 5.74) is 2.12. The number of ether oxygens (including phenoxy) is 3. The second-order valence-corrected chi connectivity index (χ2v) is 10.0. The number of nitrogens with zero attached hydrogens (tertiary/aromatic N) is 2. The Bertz CT molecular complexity index is 1390. The summed E-state index contributed by atoms with van der Waals surface area (Å²) in [6.45, 7) is 0.196. The largest absolute Gasteiger partial charge is 0.493 e. The van der Waals surface area contributed by atoms with Crippen LogP contribution in [0.2, 0.25) is 5.02 Å². The Kier molecular flexibility index (Phi) is 7.91. The second-order valence-electron chi connectivity index (χ2n) is 7.21. The van der Waals surface area contributed by atoms with Crippen LogP contribution < -0.4 is 9.47 Å². The van der Waals surface area contributed by atoms with E-state index in [0.29, 0.717) is 27.6 Å². The molecule has 0 bridgehead atoms. The van der Waals surface area contributed by atoms with Crippen LogP contribution in [0.25, 0.3) is 6.08 Å². The predicted octanol–water partition coefficient (Wildman–Crippen LogP) is 6.39. The van der Waals surface area contributed by atoms with Gasteiger partial charge >= 0.3 is 5.97 Å². The number of aliphatic imine (C=N–C) groups is 1. The van der Waals surface area contributed by atoms with Crippen LogP contribution in [-0.2, 0) is 16.1 Å². The number of carbonyl (C=O) groups excluding carboxylic acids is 1. The zero-order chi connectivity index (χ0) is 25.1. The molecule has 0 atom stereocenters. The van der Waals surface area contributed by atoms with Crippen LogP contribution in [0, 0.1) is 17.3 Å². The molecule has 8 nitrogen and oxygen atoms in total. The molecule has 0 spiro atoms. The fraction of sp³-hybridized carbons (Fsp3) is 0.0833. The molecular formula is C24H15ClI2N2O6. The van der Waals surface area contributed by atoms with Crippen LogP contribution in [0.1, 0.15) is 16.7 Å². The fourth-order valence-corrected chi connectivity index (χ4v) is 4.65. The Labute approximate surface area is 232 Å². The highest BCUT2D eigenvalue weighted by atomic mass is 127. The van der Waals surface area contributed by atoms with Crippen LogP contribution in [-0.4, -0.2) is 23.9 Å². The quantitative estimate of drug-likeness (QED) is 0.0925. The molecule has 0 aromatic heterocycles. The lowest BCUT2D eigenvalue weighted by atomic mass is 10.1. The van der Waals surface area contributed by atoms with Crippen LogP contribution in [0.15, 0.2) is 65.3 Å². The average molecular weight is 717 g/mol. The van der Waals surface area contributed by atoms with Crippen molar-refractivity contribution >= 4 is 80.4 Å². The summed E-state index contributed by atoms with van der Waals surface area (Å²) in [4.78, 5) is 27.1. The summed E-state index contributed by atoms with van der Waals surface area (Å²) < 4.78 is 18.4. The van der Waals surface area contributed by atoms with Crippen molar-refractivity contribution in [2.75, 3.05) is 7.11 Å². The number of esters is 1. The number of rotatable bonds is 7. The third kappa shape index (κ3) is 5.93. The molecule has 0 fully saturated rings. The molecule has 11 heteroatoms. The molecule has 0 aliphatic carbocycles. The minimum atomic E-state index is -0.581. The number of hydrogen-bond donors (Lipinski definition) is 0. The summed E-state index contributed by atoms with van der Waals surface area (Å²) in [7, 11) is 1.51. The maximum Gasteiger partial charge on any atom is 0.363 e. The van der Waals surface area contributed by atoms with Gasteiger partial charge in [0.25, 0.3) is 5.69 Å². The molecule has 4 rings (SSSR count). The zero-order valence-corrected chi connectivity index (χ0v) is 23.0. The lowest BCUT2D eigenvalue weighted by molar-refractivity contribution is -0.384. The highest BCUT2D eigenvalue weighted by molar-refractivity contribution is 14.1. The highest BCUT2D eigenvalue weighted by Gasteiger charge is 2.26. The van der Waals surface area contributed by atoms with Gasteiger partial charge in [-0.1, -0.05) is 11.6 Å². The number of hydrogen-bond acceptors (Lipinski definition) is 7. The van der Waals surface area contributed by atoms with E-state index in [1.807, 2.05) is 12.1 Å². The third-order valence-electron chi connectivity index (χ3n) is 4.86. The normalized spacial score (nSPS) is 14.0. The van der Waals surface area contributed by atoms with Crippen molar-refractivity contribution < 1.29 is 23.9 Å². The number of non-ortho nitro benzene ring substituents is 1. The van der Waals surface area contributed by atoms with Crippen LogP contribution >= 0.6 is 56.8 Å². The van der Waals surface area contributed by atoms with Crippen molar-refractivity contribution in [2.45, 2.75) is 6.61 Å². The van der Waals surface area contributed by atoms with Gasteiger partial charge in [-0.05, 0) is 105 Å². The molecule has 1 aliphatic heterocycles. The van der Waals surface area contributed by atoms with Gasteiger partial charge in [-0.3, -0.25) is 10.1 Å². The van der Waals surface area contributed by atoms with Crippen molar-refractivity contribution in [1.29, 1.82) is 0 Å². The number of carbonyl (C=O) groups is 1. The summed E-state index contributed by atoms with van der Waals surface area (Å²) in [6.07, 6.45) is 1.60. The van der Waals surface area contributed by atoms with Crippen molar-refractivity contribution in [1.82, 2.24) is 0 Å². The first-order chi connectivity index (χ1) is 16.7. The summed E-state index contributed by atoms with van der Waals surface area (Å²) in [5.74, 6) is 0.538. The van der Waals surface area contributed by atoms with E-state index in [4.69, 9.17) is 25.8 Å². The minimum absolute atomic E-state index is 0.0128. The van der Waals surface area contributed by atoms with E-state index >= 15 is 0 Å². The number of methoxy groups -OCH3 is 1. The molecule has 178 valence electrons. The minimum Gasteiger partial charge on any atom is -0.493 e. The number of halogens is 3. The van der Waals surface area contributed by atoms with E-state index in [9.17, 15) is 14.9 Å². The average Bonchev–Trinajstić information content (AvgIpc) is 3.19. The fourth-order valence-electron chi connectivity index (χ4n) is 3.18. The SMILES string of the molecule is COc1cc(/C=C2\N=C(c3cc(I)ccc3Cl)OC2=O)cc(I)c1OCc1ccc([N+](=O)[O-])cc1. The first-order valence-corrected chi connectivity index (χ1v) is 12.5. The van der Waals surface area contributed by atoms with Gasteiger partial charge < -0.3 is 14.2 Å². The molecule has 0 unspecified atom stereocenters. The van der Waals surface area contributed by atoms with Gasteiger partial charge in [0.05, 0.1) is 26.2 Å². The van der Waals surface area contributed by atoms with E-state index in [2.05, 4.69) is 50.2 Å². The molecule has 0 radical (unpaired) electrons. The highest BCUT2D eigenvalue weighted by Crippen LogP contribution is 2.36. The maximum absolute atomic E-state index is 12.4. The topological polar surface area (TPSA) is 100 Å². The lowest BCUT2D eigenvalue weighted by Gasteiger charge is -2.13. The molecule has 3 aromatic carbocycles. The van der Waals surface area contributed by atoms with Crippen LogP contribution in [0.5, 0.6) is 11.5 Å². The molecule has 0 saturated heterocycles. The summed E-state index contributed by atoms with van der Waals surface area (Å²) in [6, 6.07) is 15.0. The molecule has 1 aliphatic rings. The monoisotopic (exact) mass is 716 g/mol. The van der Waals surface area contributed by atoms with E-state index in [0.717, 1.165) is 12.7 Å². The first kappa shape index (κ1) is 25.4. The zero-order valence-electron chi connectivity index (χ0n) is 18.0. The number of benzene rings is 3. The Hall–Kier alpha value is -2.71. The summed E-state index contributed by atoms with van der Waals surface area (Å²) >= 11 is 10.5. The van der Waals surface area contributed by atoms with Gasteiger partial charge in [-0.15, -0.1) is 0 Å². The Morgan fingerprint density at radius 2 is 1.89 bits per heavy atom. The van der Waals surface area contributed by atoms with Crippen molar-refractivity contribution in [3.8, 4) is 11.5 Å². The van der Waals surface area contributed by atoms with Gasteiger partial charge in [-0.25, -0.2) is 9.79 Å². The van der Waals surface area contributed by atoms with Gasteiger partial charge in [0.2, 0.25) is 5.90 Å². The van der Waals surface area contributed by atoms with Gasteiger partial charge in [0.15, 0.2) is 17.2 Å². The predicted molar refractivity (Wildman–Crippen MR) is 148 cm³/mol. The standard InChI is InChI=1S/C24H15ClI2N2O6/c1-33-21-10-14(8-19(27)22(21)34-12-13-2-5-16(6-3-13)29(31)32)9-20-24(30)35-23(28-20)17-11-15(26)4-7-18(17)25/h2-11H,12H2,1H3/b20-9-. The summed E-state index contributed by atoms with van der Waals surface area (Å²) in [5, 5.41) is 11.3. The second kappa shape index (κ2) is 10.9.